The fourth-order valence-corrected chi connectivity index (χ4v) is 3.23. The topological polar surface area (TPSA) is 92.7 Å². The molecule has 0 saturated heterocycles. The Hall–Kier alpha value is -2.39. The Labute approximate surface area is 140 Å². The molecule has 3 heterocycles. The van der Waals surface area contributed by atoms with Crippen LogP contribution in [-0.2, 0) is 0 Å². The first-order chi connectivity index (χ1) is 11.0. The van der Waals surface area contributed by atoms with Gasteiger partial charge in [-0.1, -0.05) is 0 Å². The van der Waals surface area contributed by atoms with Crippen LogP contribution in [0.3, 0.4) is 0 Å². The number of aromatic nitrogens is 4. The Kier molecular flexibility index (Phi) is 4.30. The van der Waals surface area contributed by atoms with Gasteiger partial charge < -0.3 is 5.32 Å². The van der Waals surface area contributed by atoms with Crippen molar-refractivity contribution in [1.29, 1.82) is 0 Å². The van der Waals surface area contributed by atoms with E-state index in [0.717, 1.165) is 16.3 Å². The highest BCUT2D eigenvalue weighted by molar-refractivity contribution is 7.15. The summed E-state index contributed by atoms with van der Waals surface area (Å²) in [5.74, 6) is 0.185. The van der Waals surface area contributed by atoms with Gasteiger partial charge in [-0.3, -0.25) is 10.1 Å². The van der Waals surface area contributed by atoms with Crippen LogP contribution in [0.2, 0.25) is 0 Å². The summed E-state index contributed by atoms with van der Waals surface area (Å²) in [5, 5.41) is 8.56. The Morgan fingerprint density at radius 2 is 1.83 bits per heavy atom. The fraction of sp³-hybridized carbons (Fsp3) is 0.214. The van der Waals surface area contributed by atoms with Gasteiger partial charge in [0.2, 0.25) is 5.95 Å². The molecule has 9 heteroatoms. The first kappa shape index (κ1) is 15.5. The number of anilines is 3. The summed E-state index contributed by atoms with van der Waals surface area (Å²) in [6, 6.07) is 1.89. The molecular formula is C14H14N6OS2. The first-order valence-corrected chi connectivity index (χ1v) is 8.48. The van der Waals surface area contributed by atoms with E-state index in [1.54, 1.807) is 11.6 Å². The normalized spacial score (nSPS) is 10.6. The number of carbonyl (C=O) groups excluding carboxylic acids is 1. The lowest BCUT2D eigenvalue weighted by molar-refractivity contribution is 0.102. The molecule has 0 aromatic carbocycles. The third-order valence-corrected chi connectivity index (χ3v) is 4.37. The summed E-state index contributed by atoms with van der Waals surface area (Å²) in [4.78, 5) is 30.1. The molecule has 0 saturated carbocycles. The average Bonchev–Trinajstić information content (AvgIpc) is 3.07. The van der Waals surface area contributed by atoms with Gasteiger partial charge in [0.05, 0.1) is 0 Å². The molecule has 1 amide bonds. The maximum atomic E-state index is 12.1. The number of hydrogen-bond acceptors (Lipinski definition) is 8. The molecule has 0 aliphatic carbocycles. The largest absolute Gasteiger partial charge is 0.300 e. The highest BCUT2D eigenvalue weighted by Gasteiger charge is 2.13. The van der Waals surface area contributed by atoms with E-state index in [1.807, 2.05) is 26.8 Å². The summed E-state index contributed by atoms with van der Waals surface area (Å²) < 4.78 is 0. The molecule has 23 heavy (non-hydrogen) atoms. The van der Waals surface area contributed by atoms with Crippen LogP contribution in [0.15, 0.2) is 17.6 Å². The molecule has 0 unspecified atom stereocenters. The van der Waals surface area contributed by atoms with Crippen LogP contribution >= 0.6 is 22.7 Å². The minimum Gasteiger partial charge on any atom is -0.300 e. The van der Waals surface area contributed by atoms with Crippen LogP contribution in [0.1, 0.15) is 26.8 Å². The van der Waals surface area contributed by atoms with Gasteiger partial charge in [-0.15, -0.1) is 22.7 Å². The molecule has 0 atom stereocenters. The maximum Gasteiger partial charge on any atom is 0.276 e. The van der Waals surface area contributed by atoms with Crippen LogP contribution in [0.4, 0.5) is 16.2 Å². The van der Waals surface area contributed by atoms with Crippen molar-refractivity contribution in [3.63, 3.8) is 0 Å². The molecular weight excluding hydrogens is 332 g/mol. The number of nitrogens with zero attached hydrogens (tertiary/aromatic N) is 4. The number of hydrogen-bond donors (Lipinski definition) is 2. The zero-order valence-corrected chi connectivity index (χ0v) is 14.4. The van der Waals surface area contributed by atoms with Crippen LogP contribution < -0.4 is 10.6 Å². The van der Waals surface area contributed by atoms with Crippen molar-refractivity contribution in [3.05, 3.63) is 39.6 Å². The Morgan fingerprint density at radius 1 is 1.09 bits per heavy atom. The third kappa shape index (κ3) is 3.88. The molecule has 0 aliphatic rings. The van der Waals surface area contributed by atoms with Crippen molar-refractivity contribution >= 4 is 44.8 Å². The van der Waals surface area contributed by atoms with Crippen LogP contribution in [-0.4, -0.2) is 25.8 Å². The van der Waals surface area contributed by atoms with Gasteiger partial charge in [0, 0.05) is 27.8 Å². The van der Waals surface area contributed by atoms with Crippen LogP contribution in [0, 0.1) is 20.8 Å². The van der Waals surface area contributed by atoms with Gasteiger partial charge in [-0.25, -0.2) is 19.9 Å². The van der Waals surface area contributed by atoms with E-state index in [2.05, 4.69) is 30.6 Å². The predicted octanol–water partition coefficient (Wildman–Crippen LogP) is 3.31. The van der Waals surface area contributed by atoms with Gasteiger partial charge in [0.1, 0.15) is 5.69 Å². The standard InChI is InChI=1S/C14H14N6OS2/c1-7-4-8(2)17-12(16-7)20-14-18-10(6-22-14)11(21)19-13-15-5-9(3)23-13/h4-6H,1-3H3,(H,15,19,21)(H,16,17,18,20). The third-order valence-electron chi connectivity index (χ3n) is 2.78. The number of amides is 1. The molecule has 3 aromatic rings. The number of carbonyl (C=O) groups is 1. The van der Waals surface area contributed by atoms with E-state index in [9.17, 15) is 4.79 Å². The molecule has 0 radical (unpaired) electrons. The molecule has 2 N–H and O–H groups in total. The smallest absolute Gasteiger partial charge is 0.276 e. The van der Waals surface area contributed by atoms with E-state index < -0.39 is 0 Å². The second-order valence-corrected chi connectivity index (χ2v) is 6.96. The van der Waals surface area contributed by atoms with Gasteiger partial charge in [0.15, 0.2) is 10.3 Å². The van der Waals surface area contributed by atoms with Crippen molar-refractivity contribution in [3.8, 4) is 0 Å². The average molecular weight is 346 g/mol. The first-order valence-electron chi connectivity index (χ1n) is 6.78. The zero-order valence-electron chi connectivity index (χ0n) is 12.7. The van der Waals surface area contributed by atoms with Gasteiger partial charge in [-0.2, -0.15) is 0 Å². The second kappa shape index (κ2) is 6.39. The van der Waals surface area contributed by atoms with E-state index >= 15 is 0 Å². The SMILES string of the molecule is Cc1cc(C)nc(Nc2nc(C(=O)Nc3ncc(C)s3)cs2)n1. The molecule has 0 fully saturated rings. The predicted molar refractivity (Wildman–Crippen MR) is 91.7 cm³/mol. The Morgan fingerprint density at radius 3 is 2.48 bits per heavy atom. The highest BCUT2D eigenvalue weighted by Crippen LogP contribution is 2.21. The van der Waals surface area contributed by atoms with Crippen molar-refractivity contribution in [1.82, 2.24) is 19.9 Å². The minimum atomic E-state index is -0.287. The van der Waals surface area contributed by atoms with E-state index in [1.165, 1.54) is 22.7 Å². The summed E-state index contributed by atoms with van der Waals surface area (Å²) in [6.07, 6.45) is 1.71. The van der Waals surface area contributed by atoms with Crippen LogP contribution in [0.5, 0.6) is 0 Å². The lowest BCUT2D eigenvalue weighted by Crippen LogP contribution is -2.12. The lowest BCUT2D eigenvalue weighted by Gasteiger charge is -2.03. The van der Waals surface area contributed by atoms with Crippen molar-refractivity contribution in [2.75, 3.05) is 10.6 Å². The fourth-order valence-electron chi connectivity index (χ4n) is 1.89. The molecule has 3 aromatic heterocycles. The number of nitrogens with one attached hydrogen (secondary N) is 2. The maximum absolute atomic E-state index is 12.1. The monoisotopic (exact) mass is 346 g/mol. The summed E-state index contributed by atoms with van der Waals surface area (Å²) in [6.45, 7) is 5.73. The van der Waals surface area contributed by atoms with Crippen molar-refractivity contribution < 1.29 is 4.79 Å². The van der Waals surface area contributed by atoms with E-state index in [4.69, 9.17) is 0 Å². The van der Waals surface area contributed by atoms with Crippen molar-refractivity contribution in [2.24, 2.45) is 0 Å². The number of aryl methyl sites for hydroxylation is 3. The van der Waals surface area contributed by atoms with Gasteiger partial charge in [-0.05, 0) is 26.8 Å². The molecule has 3 rings (SSSR count). The summed E-state index contributed by atoms with van der Waals surface area (Å²) in [7, 11) is 0. The number of thiazole rings is 2. The molecule has 118 valence electrons. The lowest BCUT2D eigenvalue weighted by atomic mass is 10.4. The molecule has 0 aliphatic heterocycles. The minimum absolute atomic E-state index is 0.287. The van der Waals surface area contributed by atoms with Gasteiger partial charge in [0.25, 0.3) is 5.91 Å². The summed E-state index contributed by atoms with van der Waals surface area (Å²) in [5.41, 5.74) is 2.07. The van der Waals surface area contributed by atoms with Crippen LogP contribution in [0.25, 0.3) is 0 Å². The number of rotatable bonds is 4. The zero-order chi connectivity index (χ0) is 16.4. The molecule has 7 nitrogen and oxygen atoms in total. The Bertz CT molecular complexity index is 836. The molecule has 0 spiro atoms. The van der Waals surface area contributed by atoms with Gasteiger partial charge >= 0.3 is 0 Å². The molecule has 0 bridgehead atoms. The van der Waals surface area contributed by atoms with E-state index in [-0.39, 0.29) is 5.91 Å². The summed E-state index contributed by atoms with van der Waals surface area (Å²) >= 11 is 2.74. The van der Waals surface area contributed by atoms with Crippen molar-refractivity contribution in [2.45, 2.75) is 20.8 Å². The quantitative estimate of drug-likeness (QED) is 0.753. The van der Waals surface area contributed by atoms with E-state index in [0.29, 0.717) is 21.9 Å². The second-order valence-electron chi connectivity index (χ2n) is 4.87. The Balaban J connectivity index is 1.71. The highest BCUT2D eigenvalue weighted by atomic mass is 32.1.